The number of thiazole rings is 1. The molecule has 2 amide bonds. The number of urea groups is 1. The first-order valence-electron chi connectivity index (χ1n) is 7.89. The molecule has 3 rings (SSSR count). The predicted octanol–water partition coefficient (Wildman–Crippen LogP) is 2.87. The molecule has 2 aromatic heterocycles. The zero-order valence-corrected chi connectivity index (χ0v) is 15.0. The average Bonchev–Trinajstić information content (AvgIpc) is 3.15. The lowest BCUT2D eigenvalue weighted by Crippen LogP contribution is -2.44. The Kier molecular flexibility index (Phi) is 4.81. The molecule has 1 saturated heterocycles. The lowest BCUT2D eigenvalue weighted by Gasteiger charge is -2.31. The van der Waals surface area contributed by atoms with Crippen LogP contribution >= 0.6 is 11.3 Å². The number of hydrogen-bond acceptors (Lipinski definition) is 7. The van der Waals surface area contributed by atoms with Crippen molar-refractivity contribution in [3.63, 3.8) is 0 Å². The molecule has 1 atom stereocenters. The van der Waals surface area contributed by atoms with Crippen molar-refractivity contribution < 1.29 is 13.9 Å². The maximum Gasteiger partial charge on any atom is 0.322 e. The van der Waals surface area contributed by atoms with Gasteiger partial charge in [-0.2, -0.15) is 0 Å². The summed E-state index contributed by atoms with van der Waals surface area (Å²) >= 11 is 1.47. The largest absolute Gasteiger partial charge is 0.422 e. The molecule has 0 radical (unpaired) electrons. The number of ether oxygens (including phenoxy) is 1. The molecule has 3 heterocycles. The van der Waals surface area contributed by atoms with Crippen molar-refractivity contribution in [3.05, 3.63) is 22.5 Å². The van der Waals surface area contributed by atoms with Crippen molar-refractivity contribution in [3.8, 4) is 0 Å². The van der Waals surface area contributed by atoms with Crippen molar-refractivity contribution in [1.82, 2.24) is 20.1 Å². The minimum absolute atomic E-state index is 0.159. The molecule has 0 saturated carbocycles. The van der Waals surface area contributed by atoms with Gasteiger partial charge >= 0.3 is 6.03 Å². The molecule has 1 aliphatic heterocycles. The maximum atomic E-state index is 12.5. The van der Waals surface area contributed by atoms with Crippen LogP contribution in [0.2, 0.25) is 0 Å². The summed E-state index contributed by atoms with van der Waals surface area (Å²) in [4.78, 5) is 18.5. The first kappa shape index (κ1) is 16.8. The van der Waals surface area contributed by atoms with Crippen molar-refractivity contribution in [2.24, 2.45) is 0 Å². The molecule has 8 nitrogen and oxygen atoms in total. The molecule has 9 heteroatoms. The fraction of sp³-hybridized carbons (Fsp3) is 0.600. The van der Waals surface area contributed by atoms with Crippen molar-refractivity contribution >= 4 is 22.4 Å². The third-order valence-corrected chi connectivity index (χ3v) is 4.69. The molecule has 0 unspecified atom stereocenters. The normalized spacial score (nSPS) is 18.2. The number of morpholine rings is 1. The van der Waals surface area contributed by atoms with Gasteiger partial charge in [0.1, 0.15) is 5.00 Å². The number of nitrogens with zero attached hydrogens (tertiary/aromatic N) is 4. The summed E-state index contributed by atoms with van der Waals surface area (Å²) in [6.07, 6.45) is -0.395. The Hall–Kier alpha value is -2.00. The van der Waals surface area contributed by atoms with Gasteiger partial charge < -0.3 is 14.1 Å². The molecule has 1 aliphatic rings. The topological polar surface area (TPSA) is 93.4 Å². The van der Waals surface area contributed by atoms with Gasteiger partial charge in [-0.15, -0.1) is 21.5 Å². The summed E-state index contributed by atoms with van der Waals surface area (Å²) in [5.41, 5.74) is 0.828. The molecular weight excluding hydrogens is 330 g/mol. The van der Waals surface area contributed by atoms with Gasteiger partial charge in [0.25, 0.3) is 0 Å². The minimum Gasteiger partial charge on any atom is -0.422 e. The first-order chi connectivity index (χ1) is 11.4. The smallest absolute Gasteiger partial charge is 0.322 e. The summed E-state index contributed by atoms with van der Waals surface area (Å²) in [5.74, 6) is 1.15. The number of anilines is 1. The van der Waals surface area contributed by atoms with E-state index in [2.05, 4.69) is 20.5 Å². The highest BCUT2D eigenvalue weighted by atomic mass is 32.1. The van der Waals surface area contributed by atoms with Crippen LogP contribution in [0.15, 0.2) is 4.42 Å². The van der Waals surface area contributed by atoms with E-state index in [1.807, 2.05) is 27.7 Å². The van der Waals surface area contributed by atoms with Crippen LogP contribution < -0.4 is 5.32 Å². The highest BCUT2D eigenvalue weighted by molar-refractivity contribution is 7.16. The van der Waals surface area contributed by atoms with E-state index in [1.54, 1.807) is 4.90 Å². The maximum absolute atomic E-state index is 12.5. The number of carbonyl (C=O) groups excluding carboxylic acids is 1. The lowest BCUT2D eigenvalue weighted by atomic mass is 10.2. The number of aromatic nitrogens is 3. The number of aryl methyl sites for hydroxylation is 2. The van der Waals surface area contributed by atoms with Gasteiger partial charge in [-0.25, -0.2) is 9.78 Å². The van der Waals surface area contributed by atoms with Crippen LogP contribution in [0.1, 0.15) is 48.4 Å². The first-order valence-corrected chi connectivity index (χ1v) is 8.70. The van der Waals surface area contributed by atoms with Crippen LogP contribution in [-0.2, 0) is 4.74 Å². The van der Waals surface area contributed by atoms with Crippen molar-refractivity contribution in [1.29, 1.82) is 0 Å². The number of rotatable bonds is 3. The Labute approximate surface area is 144 Å². The Morgan fingerprint density at radius 1 is 1.38 bits per heavy atom. The van der Waals surface area contributed by atoms with E-state index in [4.69, 9.17) is 9.15 Å². The number of nitrogens with one attached hydrogen (secondary N) is 1. The lowest BCUT2D eigenvalue weighted by molar-refractivity contribution is -0.0276. The van der Waals surface area contributed by atoms with Gasteiger partial charge in [0.15, 0.2) is 6.10 Å². The zero-order valence-electron chi connectivity index (χ0n) is 14.2. The van der Waals surface area contributed by atoms with Gasteiger partial charge in [0.2, 0.25) is 11.8 Å². The van der Waals surface area contributed by atoms with Gasteiger partial charge in [-0.05, 0) is 13.8 Å². The Morgan fingerprint density at radius 3 is 2.79 bits per heavy atom. The number of amides is 2. The average molecular weight is 351 g/mol. The van der Waals surface area contributed by atoms with E-state index < -0.39 is 6.10 Å². The third kappa shape index (κ3) is 3.57. The van der Waals surface area contributed by atoms with Crippen LogP contribution in [0.3, 0.4) is 0 Å². The number of carbonyl (C=O) groups is 1. The summed E-state index contributed by atoms with van der Waals surface area (Å²) in [6, 6.07) is -0.168. The zero-order chi connectivity index (χ0) is 17.3. The summed E-state index contributed by atoms with van der Waals surface area (Å²) in [5, 5.41) is 12.7. The Balaban J connectivity index is 1.66. The van der Waals surface area contributed by atoms with Crippen molar-refractivity contribution in [2.45, 2.75) is 39.7 Å². The second kappa shape index (κ2) is 6.86. The van der Waals surface area contributed by atoms with Gasteiger partial charge in [0, 0.05) is 12.5 Å². The highest BCUT2D eigenvalue weighted by Gasteiger charge is 2.30. The summed E-state index contributed by atoms with van der Waals surface area (Å²) in [6.45, 7) is 9.09. The second-order valence-electron chi connectivity index (χ2n) is 6.02. The second-order valence-corrected chi connectivity index (χ2v) is 7.22. The Morgan fingerprint density at radius 2 is 2.17 bits per heavy atom. The SMILES string of the molecule is Cc1nc(C)c(NC(=O)N2CCO[C@H](c3nnc(C(C)C)o3)C2)s1. The molecular formula is C15H21N5O3S. The standard InChI is InChI=1S/C15H21N5O3S/c1-8(2)12-18-19-13(23-12)11-7-20(5-6-22-11)15(21)17-14-9(3)16-10(4)24-14/h8,11H,5-7H2,1-4H3,(H,17,21)/t11-/m0/s1. The fourth-order valence-electron chi connectivity index (χ4n) is 2.42. The summed E-state index contributed by atoms with van der Waals surface area (Å²) in [7, 11) is 0. The van der Waals surface area contributed by atoms with Gasteiger partial charge in [-0.3, -0.25) is 5.32 Å². The monoisotopic (exact) mass is 351 g/mol. The highest BCUT2D eigenvalue weighted by Crippen LogP contribution is 2.26. The van der Waals surface area contributed by atoms with E-state index in [0.717, 1.165) is 15.7 Å². The number of hydrogen-bond donors (Lipinski definition) is 1. The molecule has 130 valence electrons. The quantitative estimate of drug-likeness (QED) is 0.914. The molecule has 24 heavy (non-hydrogen) atoms. The van der Waals surface area contributed by atoms with E-state index >= 15 is 0 Å². The summed E-state index contributed by atoms with van der Waals surface area (Å²) < 4.78 is 11.3. The molecule has 1 N–H and O–H groups in total. The van der Waals surface area contributed by atoms with Crippen LogP contribution in [0.5, 0.6) is 0 Å². The van der Waals surface area contributed by atoms with Gasteiger partial charge in [0.05, 0.1) is 23.9 Å². The van der Waals surface area contributed by atoms with Gasteiger partial charge in [-0.1, -0.05) is 13.8 Å². The van der Waals surface area contributed by atoms with Crippen LogP contribution in [-0.4, -0.2) is 45.8 Å². The van der Waals surface area contributed by atoms with Crippen LogP contribution in [0.4, 0.5) is 9.80 Å². The predicted molar refractivity (Wildman–Crippen MR) is 89.3 cm³/mol. The van der Waals surface area contributed by atoms with E-state index in [1.165, 1.54) is 11.3 Å². The molecule has 0 aliphatic carbocycles. The minimum atomic E-state index is -0.395. The van der Waals surface area contributed by atoms with Crippen LogP contribution in [0, 0.1) is 13.8 Å². The molecule has 1 fully saturated rings. The molecule has 0 bridgehead atoms. The fourth-order valence-corrected chi connectivity index (χ4v) is 3.23. The third-order valence-electron chi connectivity index (χ3n) is 3.70. The van der Waals surface area contributed by atoms with E-state index in [0.29, 0.717) is 31.5 Å². The molecule has 0 aromatic carbocycles. The Bertz CT molecular complexity index is 727. The van der Waals surface area contributed by atoms with E-state index in [-0.39, 0.29) is 11.9 Å². The van der Waals surface area contributed by atoms with Crippen LogP contribution in [0.25, 0.3) is 0 Å². The molecule has 0 spiro atoms. The van der Waals surface area contributed by atoms with Crippen molar-refractivity contribution in [2.75, 3.05) is 25.0 Å². The molecule has 2 aromatic rings. The van der Waals surface area contributed by atoms with E-state index in [9.17, 15) is 4.79 Å².